The van der Waals surface area contributed by atoms with E-state index in [1.54, 1.807) is 12.4 Å². The minimum Gasteiger partial charge on any atom is -0.341 e. The average molecular weight is 599 g/mol. The lowest BCUT2D eigenvalue weighted by atomic mass is 9.59. The van der Waals surface area contributed by atoms with Crippen LogP contribution in [-0.2, 0) is 10.8 Å². The largest absolute Gasteiger partial charge is 0.341 e. The molecular weight excluding hydrogens is 556 g/mol. The second-order valence-electron chi connectivity index (χ2n) is 13.2. The molecule has 0 fully saturated rings. The van der Waals surface area contributed by atoms with E-state index >= 15 is 0 Å². The molecule has 8 nitrogen and oxygen atoms in total. The molecule has 0 amide bonds. The molecule has 1 aliphatic carbocycles. The van der Waals surface area contributed by atoms with Crippen molar-refractivity contribution in [3.8, 4) is 22.6 Å². The Morgan fingerprint density at radius 3 is 1.76 bits per heavy atom. The van der Waals surface area contributed by atoms with Gasteiger partial charge in [-0.2, -0.15) is 15.0 Å². The predicted molar refractivity (Wildman–Crippen MR) is 182 cm³/mol. The zero-order chi connectivity index (χ0) is 32.0. The summed E-state index contributed by atoms with van der Waals surface area (Å²) >= 11 is 0. The highest BCUT2D eigenvalue weighted by atomic mass is 15.4. The van der Waals surface area contributed by atoms with Crippen LogP contribution in [0.2, 0.25) is 0 Å². The number of fused-ring (bicyclic) bond motifs is 1. The van der Waals surface area contributed by atoms with Crippen LogP contribution in [0.15, 0.2) is 85.3 Å². The van der Waals surface area contributed by atoms with E-state index in [4.69, 9.17) is 19.9 Å². The highest BCUT2D eigenvalue weighted by molar-refractivity contribution is 5.71. The zero-order valence-electron chi connectivity index (χ0n) is 27.6. The lowest BCUT2D eigenvalue weighted by Crippen LogP contribution is -2.42. The average Bonchev–Trinajstić information content (AvgIpc) is 3.16. The standard InChI is InChI=1S/C37H42N8/c1-9-44(10-2)33-41-32(42-34(43-33)45(30-15-11-13-21-38-30)31-16-12-14-22-39-31)26-18-20-29(40-24-26)25-17-19-27-28(23-25)36(5,6)37(7,8)35(27,3)4/h11-24H,9-10H2,1-8H3. The van der Waals surface area contributed by atoms with Gasteiger partial charge in [0.1, 0.15) is 11.6 Å². The third-order valence-corrected chi connectivity index (χ3v) is 10.4. The number of nitrogens with zero attached hydrogens (tertiary/aromatic N) is 8. The number of hydrogen-bond donors (Lipinski definition) is 0. The van der Waals surface area contributed by atoms with Crippen molar-refractivity contribution < 1.29 is 0 Å². The molecule has 45 heavy (non-hydrogen) atoms. The van der Waals surface area contributed by atoms with Gasteiger partial charge in [0, 0.05) is 42.8 Å². The molecule has 5 aromatic rings. The Morgan fingerprint density at radius 1 is 0.600 bits per heavy atom. The Labute approximate surface area is 266 Å². The Morgan fingerprint density at radius 2 is 1.20 bits per heavy atom. The van der Waals surface area contributed by atoms with Gasteiger partial charge in [0.2, 0.25) is 11.9 Å². The van der Waals surface area contributed by atoms with Crippen LogP contribution in [-0.4, -0.2) is 43.0 Å². The molecule has 4 heterocycles. The number of hydrogen-bond acceptors (Lipinski definition) is 8. The Hall–Kier alpha value is -4.72. The second-order valence-corrected chi connectivity index (χ2v) is 13.2. The van der Waals surface area contributed by atoms with E-state index in [0.29, 0.717) is 29.4 Å². The van der Waals surface area contributed by atoms with E-state index in [1.165, 1.54) is 11.1 Å². The summed E-state index contributed by atoms with van der Waals surface area (Å²) in [6, 6.07) is 22.5. The Bertz CT molecular complexity index is 1760. The van der Waals surface area contributed by atoms with Crippen LogP contribution in [0.1, 0.15) is 66.5 Å². The maximum absolute atomic E-state index is 4.97. The minimum absolute atomic E-state index is 0.0248. The van der Waals surface area contributed by atoms with Gasteiger partial charge in [-0.1, -0.05) is 65.8 Å². The fourth-order valence-corrected chi connectivity index (χ4v) is 6.44. The van der Waals surface area contributed by atoms with Gasteiger partial charge in [0.25, 0.3) is 0 Å². The molecule has 230 valence electrons. The number of aromatic nitrogens is 6. The van der Waals surface area contributed by atoms with Crippen molar-refractivity contribution in [1.29, 1.82) is 0 Å². The van der Waals surface area contributed by atoms with Crippen molar-refractivity contribution in [2.45, 2.75) is 66.2 Å². The lowest BCUT2D eigenvalue weighted by Gasteiger charge is -2.44. The molecule has 0 saturated heterocycles. The third-order valence-electron chi connectivity index (χ3n) is 10.4. The predicted octanol–water partition coefficient (Wildman–Crippen LogP) is 8.30. The molecule has 0 spiro atoms. The first-order chi connectivity index (χ1) is 21.5. The van der Waals surface area contributed by atoms with Gasteiger partial charge in [-0.05, 0) is 83.7 Å². The third kappa shape index (κ3) is 5.02. The summed E-state index contributed by atoms with van der Waals surface area (Å²) in [6.07, 6.45) is 5.37. The molecule has 8 heteroatoms. The van der Waals surface area contributed by atoms with E-state index in [0.717, 1.165) is 29.9 Å². The van der Waals surface area contributed by atoms with Crippen LogP contribution in [0.4, 0.5) is 23.5 Å². The van der Waals surface area contributed by atoms with E-state index in [2.05, 4.69) is 94.5 Å². The van der Waals surface area contributed by atoms with E-state index < -0.39 is 0 Å². The quantitative estimate of drug-likeness (QED) is 0.176. The number of benzene rings is 1. The molecule has 1 aliphatic rings. The first-order valence-corrected chi connectivity index (χ1v) is 15.7. The summed E-state index contributed by atoms with van der Waals surface area (Å²) in [5.41, 5.74) is 5.86. The van der Waals surface area contributed by atoms with Gasteiger partial charge in [0.05, 0.1) is 5.69 Å². The fourth-order valence-electron chi connectivity index (χ4n) is 6.44. The van der Waals surface area contributed by atoms with Gasteiger partial charge >= 0.3 is 0 Å². The maximum atomic E-state index is 4.97. The molecule has 0 aliphatic heterocycles. The molecular formula is C37H42N8. The van der Waals surface area contributed by atoms with Gasteiger partial charge in [0.15, 0.2) is 5.82 Å². The van der Waals surface area contributed by atoms with Crippen LogP contribution >= 0.6 is 0 Å². The Balaban J connectivity index is 1.43. The molecule has 6 rings (SSSR count). The number of pyridine rings is 3. The van der Waals surface area contributed by atoms with E-state index in [1.807, 2.05) is 53.6 Å². The van der Waals surface area contributed by atoms with Gasteiger partial charge in [-0.15, -0.1) is 0 Å². The molecule has 4 aromatic heterocycles. The van der Waals surface area contributed by atoms with Crippen molar-refractivity contribution >= 4 is 23.5 Å². The first-order valence-electron chi connectivity index (χ1n) is 15.7. The summed E-state index contributed by atoms with van der Waals surface area (Å²) in [5.74, 6) is 2.90. The molecule has 0 atom stereocenters. The van der Waals surface area contributed by atoms with Crippen molar-refractivity contribution in [3.63, 3.8) is 0 Å². The first kappa shape index (κ1) is 30.3. The summed E-state index contributed by atoms with van der Waals surface area (Å²) in [6.45, 7) is 19.9. The van der Waals surface area contributed by atoms with Crippen LogP contribution in [0.3, 0.4) is 0 Å². The van der Waals surface area contributed by atoms with Crippen molar-refractivity contribution in [1.82, 2.24) is 29.9 Å². The fraction of sp³-hybridized carbons (Fsp3) is 0.351. The summed E-state index contributed by atoms with van der Waals surface area (Å²) < 4.78 is 0. The van der Waals surface area contributed by atoms with Gasteiger partial charge in [-0.25, -0.2) is 14.9 Å². The SMILES string of the molecule is CCN(CC)c1nc(-c2ccc(-c3ccc4c(c3)C(C)(C)C(C)(C)C4(C)C)nc2)nc(N(c2ccccn2)c2ccccn2)n1. The summed E-state index contributed by atoms with van der Waals surface area (Å²) in [5, 5.41) is 0. The van der Waals surface area contributed by atoms with Crippen molar-refractivity contribution in [2.75, 3.05) is 22.9 Å². The second kappa shape index (κ2) is 11.3. The minimum atomic E-state index is 0.0248. The summed E-state index contributed by atoms with van der Waals surface area (Å²) in [7, 11) is 0. The molecule has 0 radical (unpaired) electrons. The van der Waals surface area contributed by atoms with Gasteiger partial charge < -0.3 is 4.90 Å². The van der Waals surface area contributed by atoms with Crippen LogP contribution in [0.25, 0.3) is 22.6 Å². The maximum Gasteiger partial charge on any atom is 0.242 e. The normalized spacial score (nSPS) is 15.8. The van der Waals surface area contributed by atoms with Crippen molar-refractivity contribution in [2.24, 2.45) is 5.41 Å². The highest BCUT2D eigenvalue weighted by Crippen LogP contribution is 2.61. The number of anilines is 4. The molecule has 1 aromatic carbocycles. The molecule has 0 bridgehead atoms. The zero-order valence-corrected chi connectivity index (χ0v) is 27.6. The smallest absolute Gasteiger partial charge is 0.242 e. The van der Waals surface area contributed by atoms with E-state index in [9.17, 15) is 0 Å². The van der Waals surface area contributed by atoms with Gasteiger partial charge in [-0.3, -0.25) is 4.98 Å². The van der Waals surface area contributed by atoms with Crippen LogP contribution < -0.4 is 9.80 Å². The highest BCUT2D eigenvalue weighted by Gasteiger charge is 2.56. The molecule has 0 unspecified atom stereocenters. The number of rotatable bonds is 8. The van der Waals surface area contributed by atoms with Crippen molar-refractivity contribution in [3.05, 3.63) is 96.4 Å². The molecule has 0 N–H and O–H groups in total. The Kier molecular flexibility index (Phi) is 7.63. The van der Waals surface area contributed by atoms with E-state index in [-0.39, 0.29) is 16.2 Å². The molecule has 0 saturated carbocycles. The topological polar surface area (TPSA) is 83.8 Å². The van der Waals surface area contributed by atoms with Crippen LogP contribution in [0, 0.1) is 5.41 Å². The van der Waals surface area contributed by atoms with Crippen LogP contribution in [0.5, 0.6) is 0 Å². The summed E-state index contributed by atoms with van der Waals surface area (Å²) in [4.78, 5) is 32.9. The lowest BCUT2D eigenvalue weighted by molar-refractivity contribution is 0.125. The monoisotopic (exact) mass is 598 g/mol.